The molecule has 11 nitrogen and oxygen atoms in total. The minimum Gasteiger partial charge on any atom is -0.406 e. The van der Waals surface area contributed by atoms with Crippen molar-refractivity contribution < 1.29 is 22.7 Å². The summed E-state index contributed by atoms with van der Waals surface area (Å²) in [5, 5.41) is 15.4. The molecular weight excluding hydrogens is 539 g/mol. The first-order valence-corrected chi connectivity index (χ1v) is 12.9. The van der Waals surface area contributed by atoms with Gasteiger partial charge in [-0.05, 0) is 52.1 Å². The smallest absolute Gasteiger partial charge is 0.406 e. The molecule has 1 unspecified atom stereocenters. The van der Waals surface area contributed by atoms with Crippen molar-refractivity contribution in [2.45, 2.75) is 32.7 Å². The lowest BCUT2D eigenvalue weighted by Gasteiger charge is -2.27. The fourth-order valence-electron chi connectivity index (χ4n) is 4.83. The van der Waals surface area contributed by atoms with Crippen LogP contribution in [0.15, 0.2) is 42.9 Å². The largest absolute Gasteiger partial charge is 0.573 e. The predicted molar refractivity (Wildman–Crippen MR) is 146 cm³/mol. The second kappa shape index (κ2) is 10.8. The van der Waals surface area contributed by atoms with E-state index in [1.54, 1.807) is 47.9 Å². The van der Waals surface area contributed by atoms with Crippen molar-refractivity contribution in [3.63, 3.8) is 0 Å². The number of aromatic nitrogens is 6. The summed E-state index contributed by atoms with van der Waals surface area (Å²) in [4.78, 5) is 21.7. The minimum absolute atomic E-state index is 0.0113. The quantitative estimate of drug-likeness (QED) is 0.357. The van der Waals surface area contributed by atoms with Gasteiger partial charge in [0.25, 0.3) is 5.91 Å². The molecule has 1 N–H and O–H groups in total. The van der Waals surface area contributed by atoms with E-state index < -0.39 is 18.0 Å². The molecule has 41 heavy (non-hydrogen) atoms. The number of benzene rings is 1. The van der Waals surface area contributed by atoms with E-state index in [1.807, 2.05) is 25.9 Å². The van der Waals surface area contributed by atoms with Gasteiger partial charge in [-0.2, -0.15) is 5.10 Å². The van der Waals surface area contributed by atoms with Crippen LogP contribution in [0.2, 0.25) is 0 Å². The maximum absolute atomic E-state index is 13.3. The van der Waals surface area contributed by atoms with Crippen LogP contribution in [0.4, 0.5) is 24.5 Å². The van der Waals surface area contributed by atoms with Gasteiger partial charge in [-0.25, -0.2) is 4.68 Å². The Hall–Kier alpha value is -4.46. The van der Waals surface area contributed by atoms with Gasteiger partial charge in [0.15, 0.2) is 0 Å². The Bertz CT molecular complexity index is 1580. The van der Waals surface area contributed by atoms with Crippen LogP contribution in [0, 0.1) is 13.8 Å². The highest BCUT2D eigenvalue weighted by atomic mass is 19.4. The number of ether oxygens (including phenoxy) is 1. The predicted octanol–water partition coefficient (Wildman–Crippen LogP) is 3.97. The normalized spacial score (nSPS) is 15.8. The van der Waals surface area contributed by atoms with E-state index in [0.717, 1.165) is 36.8 Å². The summed E-state index contributed by atoms with van der Waals surface area (Å²) in [6.07, 6.45) is 0.858. The van der Waals surface area contributed by atoms with Crippen molar-refractivity contribution >= 4 is 17.3 Å². The highest BCUT2D eigenvalue weighted by Gasteiger charge is 2.32. The number of carbonyl (C=O) groups excluding carboxylic acids is 1. The van der Waals surface area contributed by atoms with Crippen molar-refractivity contribution in [1.29, 1.82) is 0 Å². The molecule has 0 saturated carbocycles. The van der Waals surface area contributed by atoms with E-state index in [9.17, 15) is 18.0 Å². The van der Waals surface area contributed by atoms with Crippen LogP contribution in [0.3, 0.4) is 0 Å². The number of aryl methyl sites for hydroxylation is 2. The molecule has 5 rings (SSSR count). The zero-order valence-corrected chi connectivity index (χ0v) is 23.3. The number of nitrogens with one attached hydrogen (secondary N) is 1. The SMILES string of the molecule is Cc1ncc(NC(=O)c2cc(OC(F)(F)F)cc(N(C)C3CCN(C)C3)c2)cc1-n1cc(-c2cnn(C)c2C)nn1. The highest BCUT2D eigenvalue weighted by molar-refractivity contribution is 6.05. The molecule has 4 heterocycles. The first kappa shape index (κ1) is 28.1. The molecule has 1 aliphatic rings. The Morgan fingerprint density at radius 3 is 2.59 bits per heavy atom. The van der Waals surface area contributed by atoms with Crippen LogP contribution in [-0.2, 0) is 7.05 Å². The number of alkyl halides is 3. The van der Waals surface area contributed by atoms with Crippen molar-refractivity contribution in [3.05, 3.63) is 59.8 Å². The monoisotopic (exact) mass is 569 g/mol. The number of halogens is 3. The molecule has 1 saturated heterocycles. The summed E-state index contributed by atoms with van der Waals surface area (Å²) >= 11 is 0. The van der Waals surface area contributed by atoms with Gasteiger partial charge >= 0.3 is 6.36 Å². The maximum atomic E-state index is 13.3. The summed E-state index contributed by atoms with van der Waals surface area (Å²) < 4.78 is 46.8. The molecule has 0 radical (unpaired) electrons. The standard InChI is InChI=1S/C27H30F3N9O2/c1-16-25(39-15-24(34-35-39)23-13-32-38(5)17(23)2)10-19(12-31-16)33-26(40)18-8-21(11-22(9-18)41-27(28,29)30)37(4)20-6-7-36(3)14-20/h8-13,15,20H,6-7,14H2,1-5H3,(H,33,40). The maximum Gasteiger partial charge on any atom is 0.573 e. The second-order valence-corrected chi connectivity index (χ2v) is 10.2. The molecule has 3 aromatic heterocycles. The lowest BCUT2D eigenvalue weighted by molar-refractivity contribution is -0.274. The molecule has 216 valence electrons. The summed E-state index contributed by atoms with van der Waals surface area (Å²) in [6.45, 7) is 5.34. The molecule has 1 amide bonds. The average Bonchev–Trinajstić information content (AvgIpc) is 3.64. The number of hydrogen-bond acceptors (Lipinski definition) is 8. The van der Waals surface area contributed by atoms with Gasteiger partial charge in [0.2, 0.25) is 0 Å². The highest BCUT2D eigenvalue weighted by Crippen LogP contribution is 2.31. The Balaban J connectivity index is 1.41. The Kier molecular flexibility index (Phi) is 7.43. The molecule has 0 spiro atoms. The van der Waals surface area contributed by atoms with Gasteiger partial charge in [0, 0.05) is 55.3 Å². The number of likely N-dealkylation sites (tertiary alicyclic amines) is 1. The summed E-state index contributed by atoms with van der Waals surface area (Å²) in [6, 6.07) is 5.68. The van der Waals surface area contributed by atoms with Crippen molar-refractivity contribution in [1.82, 2.24) is 34.7 Å². The Morgan fingerprint density at radius 2 is 1.93 bits per heavy atom. The van der Waals surface area contributed by atoms with Crippen LogP contribution in [0.25, 0.3) is 16.9 Å². The molecular formula is C27H30F3N9O2. The zero-order chi connectivity index (χ0) is 29.5. The Labute approximate surface area is 234 Å². The molecule has 1 aromatic carbocycles. The molecule has 1 fully saturated rings. The van der Waals surface area contributed by atoms with Gasteiger partial charge < -0.3 is 19.9 Å². The Morgan fingerprint density at radius 1 is 1.15 bits per heavy atom. The fourth-order valence-corrected chi connectivity index (χ4v) is 4.83. The number of nitrogens with zero attached hydrogens (tertiary/aromatic N) is 8. The van der Waals surface area contributed by atoms with Crippen molar-refractivity contribution in [2.75, 3.05) is 37.4 Å². The average molecular weight is 570 g/mol. The topological polar surface area (TPSA) is 106 Å². The van der Waals surface area contributed by atoms with Crippen molar-refractivity contribution in [2.24, 2.45) is 7.05 Å². The summed E-state index contributed by atoms with van der Waals surface area (Å²) in [7, 11) is 5.62. The van der Waals surface area contributed by atoms with E-state index in [0.29, 0.717) is 28.5 Å². The van der Waals surface area contributed by atoms with Gasteiger partial charge in [0.05, 0.1) is 35.7 Å². The van der Waals surface area contributed by atoms with Gasteiger partial charge in [-0.1, -0.05) is 5.21 Å². The van der Waals surface area contributed by atoms with E-state index in [2.05, 4.69) is 35.3 Å². The number of rotatable bonds is 7. The number of anilines is 2. The van der Waals surface area contributed by atoms with Crippen LogP contribution >= 0.6 is 0 Å². The zero-order valence-electron chi connectivity index (χ0n) is 23.3. The molecule has 4 aromatic rings. The molecule has 1 atom stereocenters. The van der Waals surface area contributed by atoms with E-state index in [1.165, 1.54) is 12.3 Å². The molecule has 14 heteroatoms. The first-order chi connectivity index (χ1) is 19.4. The van der Waals surface area contributed by atoms with Crippen LogP contribution in [-0.4, -0.2) is 80.2 Å². The van der Waals surface area contributed by atoms with Crippen molar-refractivity contribution in [3.8, 4) is 22.7 Å². The first-order valence-electron chi connectivity index (χ1n) is 12.9. The lowest BCUT2D eigenvalue weighted by atomic mass is 10.1. The number of hydrogen-bond donors (Lipinski definition) is 1. The van der Waals surface area contributed by atoms with Crippen LogP contribution in [0.1, 0.15) is 28.2 Å². The lowest BCUT2D eigenvalue weighted by Crippen LogP contribution is -2.34. The van der Waals surface area contributed by atoms with Gasteiger partial charge in [0.1, 0.15) is 11.4 Å². The third kappa shape index (κ3) is 6.16. The third-order valence-electron chi connectivity index (χ3n) is 7.28. The minimum atomic E-state index is -4.90. The fraction of sp³-hybridized carbons (Fsp3) is 0.370. The summed E-state index contributed by atoms with van der Waals surface area (Å²) in [5.74, 6) is -1.08. The van der Waals surface area contributed by atoms with Crippen LogP contribution < -0.4 is 15.0 Å². The number of likely N-dealkylation sites (N-methyl/N-ethyl adjacent to an activating group) is 2. The number of pyridine rings is 1. The summed E-state index contributed by atoms with van der Waals surface area (Å²) in [5.41, 5.74) is 4.37. The molecule has 1 aliphatic heterocycles. The number of amides is 1. The van der Waals surface area contributed by atoms with E-state index in [4.69, 9.17) is 0 Å². The number of carbonyl (C=O) groups is 1. The second-order valence-electron chi connectivity index (χ2n) is 10.2. The van der Waals surface area contributed by atoms with E-state index in [-0.39, 0.29) is 11.6 Å². The van der Waals surface area contributed by atoms with Crippen LogP contribution in [0.5, 0.6) is 5.75 Å². The molecule has 0 bridgehead atoms. The third-order valence-corrected chi connectivity index (χ3v) is 7.28. The van der Waals surface area contributed by atoms with Gasteiger partial charge in [-0.15, -0.1) is 18.3 Å². The van der Waals surface area contributed by atoms with E-state index >= 15 is 0 Å². The molecule has 0 aliphatic carbocycles. The van der Waals surface area contributed by atoms with Gasteiger partial charge in [-0.3, -0.25) is 14.5 Å².